The van der Waals surface area contributed by atoms with Crippen molar-refractivity contribution < 1.29 is 0 Å². The molecule has 2 rings (SSSR count). The number of benzene rings is 2. The average molecular weight is 442 g/mol. The minimum absolute atomic E-state index is 0.599. The minimum Gasteiger partial charge on any atom is -0.332 e. The van der Waals surface area contributed by atoms with Crippen molar-refractivity contribution in [3.05, 3.63) is 57.0 Å². The van der Waals surface area contributed by atoms with Crippen LogP contribution in [0.4, 0.5) is 11.4 Å². The smallest absolute Gasteiger partial charge is 0.175 e. The zero-order valence-corrected chi connectivity index (χ0v) is 16.3. The van der Waals surface area contributed by atoms with E-state index in [1.165, 1.54) is 12.0 Å². The summed E-state index contributed by atoms with van der Waals surface area (Å²) in [5.74, 6) is 0. The van der Waals surface area contributed by atoms with Gasteiger partial charge < -0.3 is 10.6 Å². The molecule has 0 atom stereocenters. The lowest BCUT2D eigenvalue weighted by molar-refractivity contribution is 0.796. The minimum atomic E-state index is 0.599. The second kappa shape index (κ2) is 8.65. The van der Waals surface area contributed by atoms with Gasteiger partial charge in [0, 0.05) is 20.3 Å². The van der Waals surface area contributed by atoms with E-state index in [1.54, 1.807) is 0 Å². The van der Waals surface area contributed by atoms with E-state index in [0.717, 1.165) is 33.2 Å². The normalized spacial score (nSPS) is 10.3. The maximum atomic E-state index is 5.41. The van der Waals surface area contributed by atoms with Crippen molar-refractivity contribution in [2.45, 2.75) is 26.2 Å². The van der Waals surface area contributed by atoms with Gasteiger partial charge in [-0.3, -0.25) is 0 Å². The Morgan fingerprint density at radius 1 is 1.00 bits per heavy atom. The summed E-state index contributed by atoms with van der Waals surface area (Å²) in [6.45, 7) is 2.20. The van der Waals surface area contributed by atoms with E-state index < -0.39 is 0 Å². The predicted molar refractivity (Wildman–Crippen MR) is 107 cm³/mol. The largest absolute Gasteiger partial charge is 0.332 e. The quantitative estimate of drug-likeness (QED) is 0.527. The van der Waals surface area contributed by atoms with Crippen LogP contribution in [0, 0.1) is 0 Å². The Morgan fingerprint density at radius 2 is 1.68 bits per heavy atom. The molecule has 0 bridgehead atoms. The highest BCUT2D eigenvalue weighted by atomic mass is 79.9. The Labute approximate surface area is 154 Å². The molecule has 0 saturated heterocycles. The van der Waals surface area contributed by atoms with Crippen LogP contribution in [-0.2, 0) is 6.42 Å². The van der Waals surface area contributed by atoms with Crippen molar-refractivity contribution in [1.82, 2.24) is 0 Å². The third-order valence-corrected chi connectivity index (χ3v) is 4.44. The van der Waals surface area contributed by atoms with Crippen LogP contribution < -0.4 is 10.6 Å². The van der Waals surface area contributed by atoms with Gasteiger partial charge in [-0.2, -0.15) is 0 Å². The van der Waals surface area contributed by atoms with Crippen molar-refractivity contribution in [2.75, 3.05) is 10.6 Å². The monoisotopic (exact) mass is 440 g/mol. The molecule has 0 aliphatic rings. The standard InChI is InChI=1S/C17H18Br2N2S/c1-2-3-4-12-11-14(19)7-10-16(12)21-17(22)20-15-8-5-13(18)6-9-15/h5-11H,2-4H2,1H3,(H2,20,21,22). The molecule has 0 heterocycles. The number of thiocarbonyl (C=S) groups is 1. The van der Waals surface area contributed by atoms with E-state index in [-0.39, 0.29) is 0 Å². The van der Waals surface area contributed by atoms with E-state index in [4.69, 9.17) is 12.2 Å². The number of nitrogens with one attached hydrogen (secondary N) is 2. The van der Waals surface area contributed by atoms with Gasteiger partial charge in [0.2, 0.25) is 0 Å². The second-order valence-electron chi connectivity index (χ2n) is 4.99. The van der Waals surface area contributed by atoms with Gasteiger partial charge >= 0.3 is 0 Å². The fourth-order valence-electron chi connectivity index (χ4n) is 2.08. The molecule has 0 aliphatic heterocycles. The summed E-state index contributed by atoms with van der Waals surface area (Å²) >= 11 is 12.4. The van der Waals surface area contributed by atoms with Gasteiger partial charge in [0.05, 0.1) is 0 Å². The van der Waals surface area contributed by atoms with Crippen LogP contribution in [0.5, 0.6) is 0 Å². The van der Waals surface area contributed by atoms with Gasteiger partial charge in [0.1, 0.15) is 0 Å². The van der Waals surface area contributed by atoms with E-state index in [2.05, 4.69) is 61.5 Å². The van der Waals surface area contributed by atoms with Crippen LogP contribution in [-0.4, -0.2) is 5.11 Å². The van der Waals surface area contributed by atoms with E-state index in [1.807, 2.05) is 30.3 Å². The molecule has 0 aliphatic carbocycles. The molecular weight excluding hydrogens is 424 g/mol. The molecular formula is C17H18Br2N2S. The molecule has 5 heteroatoms. The molecule has 0 spiro atoms. The summed E-state index contributed by atoms with van der Waals surface area (Å²) < 4.78 is 2.14. The van der Waals surface area contributed by atoms with Crippen molar-refractivity contribution in [2.24, 2.45) is 0 Å². The van der Waals surface area contributed by atoms with Crippen LogP contribution in [0.1, 0.15) is 25.3 Å². The van der Waals surface area contributed by atoms with Crippen molar-refractivity contribution in [1.29, 1.82) is 0 Å². The summed E-state index contributed by atoms with van der Waals surface area (Å²) in [6.07, 6.45) is 3.38. The Kier molecular flexibility index (Phi) is 6.86. The first-order valence-corrected chi connectivity index (χ1v) is 9.20. The molecule has 0 fully saturated rings. The Bertz CT molecular complexity index is 642. The van der Waals surface area contributed by atoms with Crippen LogP contribution in [0.3, 0.4) is 0 Å². The molecule has 22 heavy (non-hydrogen) atoms. The lowest BCUT2D eigenvalue weighted by atomic mass is 10.1. The number of rotatable bonds is 5. The molecule has 0 aromatic heterocycles. The van der Waals surface area contributed by atoms with E-state index in [9.17, 15) is 0 Å². The molecule has 2 nitrogen and oxygen atoms in total. The highest BCUT2D eigenvalue weighted by molar-refractivity contribution is 9.10. The van der Waals surface area contributed by atoms with Gasteiger partial charge in [-0.1, -0.05) is 45.2 Å². The first-order chi connectivity index (χ1) is 10.6. The predicted octanol–water partition coefficient (Wildman–Crippen LogP) is 6.36. The Hall–Kier alpha value is -0.910. The van der Waals surface area contributed by atoms with Crippen LogP contribution in [0.2, 0.25) is 0 Å². The SMILES string of the molecule is CCCCc1cc(Br)ccc1NC(=S)Nc1ccc(Br)cc1. The summed E-state index contributed by atoms with van der Waals surface area (Å²) in [6, 6.07) is 14.2. The topological polar surface area (TPSA) is 24.1 Å². The van der Waals surface area contributed by atoms with Crippen molar-refractivity contribution in [3.63, 3.8) is 0 Å². The summed E-state index contributed by atoms with van der Waals surface area (Å²) in [7, 11) is 0. The molecule has 0 radical (unpaired) electrons. The number of halogens is 2. The molecule has 0 saturated carbocycles. The van der Waals surface area contributed by atoms with Gasteiger partial charge in [-0.05, 0) is 73.1 Å². The van der Waals surface area contributed by atoms with Gasteiger partial charge in [0.25, 0.3) is 0 Å². The first-order valence-electron chi connectivity index (χ1n) is 7.20. The molecule has 0 amide bonds. The highest BCUT2D eigenvalue weighted by Gasteiger charge is 2.06. The summed E-state index contributed by atoms with van der Waals surface area (Å²) in [5.41, 5.74) is 3.30. The van der Waals surface area contributed by atoms with Gasteiger partial charge in [0.15, 0.2) is 5.11 Å². The number of unbranched alkanes of at least 4 members (excludes halogenated alkanes) is 1. The lowest BCUT2D eigenvalue weighted by Gasteiger charge is -2.14. The third kappa shape index (κ3) is 5.38. The third-order valence-electron chi connectivity index (χ3n) is 3.22. The fraction of sp³-hybridized carbons (Fsp3) is 0.235. The lowest BCUT2D eigenvalue weighted by Crippen LogP contribution is -2.19. The number of anilines is 2. The van der Waals surface area contributed by atoms with Crippen molar-refractivity contribution in [3.8, 4) is 0 Å². The number of hydrogen-bond donors (Lipinski definition) is 2. The summed E-state index contributed by atoms with van der Waals surface area (Å²) in [4.78, 5) is 0. The zero-order valence-electron chi connectivity index (χ0n) is 12.3. The van der Waals surface area contributed by atoms with E-state index >= 15 is 0 Å². The second-order valence-corrected chi connectivity index (χ2v) is 7.23. The fourth-order valence-corrected chi connectivity index (χ4v) is 2.98. The van der Waals surface area contributed by atoms with Crippen LogP contribution in [0.15, 0.2) is 51.4 Å². The molecule has 116 valence electrons. The molecule has 2 aromatic carbocycles. The Morgan fingerprint density at radius 3 is 2.36 bits per heavy atom. The van der Waals surface area contributed by atoms with Crippen LogP contribution in [0.25, 0.3) is 0 Å². The van der Waals surface area contributed by atoms with Gasteiger partial charge in [-0.25, -0.2) is 0 Å². The average Bonchev–Trinajstić information content (AvgIpc) is 2.50. The van der Waals surface area contributed by atoms with Crippen LogP contribution >= 0.6 is 44.1 Å². The highest BCUT2D eigenvalue weighted by Crippen LogP contribution is 2.23. The zero-order chi connectivity index (χ0) is 15.9. The summed E-state index contributed by atoms with van der Waals surface area (Å²) in [5, 5.41) is 7.10. The maximum Gasteiger partial charge on any atom is 0.175 e. The molecule has 0 unspecified atom stereocenters. The van der Waals surface area contributed by atoms with Crippen molar-refractivity contribution >= 4 is 60.6 Å². The Balaban J connectivity index is 2.05. The molecule has 2 aromatic rings. The number of hydrogen-bond acceptors (Lipinski definition) is 1. The first kappa shape index (κ1) is 17.4. The molecule has 2 N–H and O–H groups in total. The van der Waals surface area contributed by atoms with E-state index in [0.29, 0.717) is 5.11 Å². The number of aryl methyl sites for hydroxylation is 1. The maximum absolute atomic E-state index is 5.41. The van der Waals surface area contributed by atoms with Gasteiger partial charge in [-0.15, -0.1) is 0 Å².